The molecular weight excluding hydrogens is 422 g/mol. The van der Waals surface area contributed by atoms with Crippen molar-refractivity contribution >= 4 is 45.8 Å². The van der Waals surface area contributed by atoms with Crippen LogP contribution in [0.15, 0.2) is 23.6 Å². The molecule has 0 aromatic carbocycles. The Hall–Kier alpha value is -2.67. The molecule has 2 atom stereocenters. The van der Waals surface area contributed by atoms with E-state index in [0.29, 0.717) is 23.4 Å². The average molecular weight is 446 g/mol. The van der Waals surface area contributed by atoms with Crippen LogP contribution in [0.2, 0.25) is 0 Å². The fourth-order valence-corrected chi connectivity index (χ4v) is 5.12. The maximum absolute atomic E-state index is 12.3. The molecule has 2 aromatic heterocycles. The Morgan fingerprint density at radius 1 is 1.50 bits per heavy atom. The van der Waals surface area contributed by atoms with Gasteiger partial charge in [0.25, 0.3) is 0 Å². The molecule has 1 aliphatic rings. The van der Waals surface area contributed by atoms with E-state index in [0.717, 1.165) is 21.7 Å². The number of alkyl carbamates (subject to hydrolysis) is 1. The van der Waals surface area contributed by atoms with Gasteiger partial charge >= 0.3 is 6.09 Å². The molecule has 0 bridgehead atoms. The van der Waals surface area contributed by atoms with E-state index in [1.807, 2.05) is 17.5 Å². The van der Waals surface area contributed by atoms with Gasteiger partial charge < -0.3 is 20.5 Å². The van der Waals surface area contributed by atoms with Crippen LogP contribution in [0.5, 0.6) is 0 Å². The predicted molar refractivity (Wildman–Crippen MR) is 118 cm³/mol. The summed E-state index contributed by atoms with van der Waals surface area (Å²) in [4.78, 5) is 26.0. The van der Waals surface area contributed by atoms with Crippen molar-refractivity contribution in [2.24, 2.45) is 5.92 Å². The molecule has 0 aliphatic heterocycles. The molecule has 30 heavy (non-hydrogen) atoms. The number of carbonyl (C=O) groups is 2. The first kappa shape index (κ1) is 22.0. The predicted octanol–water partition coefficient (Wildman–Crippen LogP) is 3.55. The van der Waals surface area contributed by atoms with Crippen molar-refractivity contribution < 1.29 is 19.4 Å². The zero-order valence-electron chi connectivity index (χ0n) is 16.5. The summed E-state index contributed by atoms with van der Waals surface area (Å²) in [5.74, 6) is -0.117. The highest BCUT2D eigenvalue weighted by molar-refractivity contribution is 7.16. The number of thiophene rings is 2. The summed E-state index contributed by atoms with van der Waals surface area (Å²) in [6, 6.07) is 5.71. The highest BCUT2D eigenvalue weighted by atomic mass is 32.1. The minimum atomic E-state index is -0.545. The van der Waals surface area contributed by atoms with E-state index in [1.165, 1.54) is 17.4 Å². The summed E-state index contributed by atoms with van der Waals surface area (Å²) in [5, 5.41) is 26.5. The van der Waals surface area contributed by atoms with E-state index in [1.54, 1.807) is 24.3 Å². The van der Waals surface area contributed by atoms with Crippen molar-refractivity contribution in [2.45, 2.75) is 32.2 Å². The maximum atomic E-state index is 12.3. The van der Waals surface area contributed by atoms with Gasteiger partial charge in [-0.15, -0.1) is 22.7 Å². The summed E-state index contributed by atoms with van der Waals surface area (Å²) in [6.07, 6.45) is 4.87. The zero-order valence-corrected chi connectivity index (χ0v) is 18.1. The average Bonchev–Trinajstić information content (AvgIpc) is 3.37. The van der Waals surface area contributed by atoms with Crippen molar-refractivity contribution in [1.29, 1.82) is 5.26 Å². The number of hydrogen-bond donors (Lipinski definition) is 3. The second kappa shape index (κ2) is 10.4. The number of aliphatic hydroxyl groups is 1. The van der Waals surface area contributed by atoms with Crippen LogP contribution >= 0.6 is 22.7 Å². The largest absolute Gasteiger partial charge is 0.449 e. The second-order valence-corrected chi connectivity index (χ2v) is 9.18. The zero-order chi connectivity index (χ0) is 21.5. The molecular formula is C21H23N3O4S2. The Balaban J connectivity index is 1.60. The molecule has 0 saturated carbocycles. The number of ether oxygens (including phenoxy) is 1. The number of nitriles is 1. The monoisotopic (exact) mass is 445 g/mol. The molecule has 2 heterocycles. The van der Waals surface area contributed by atoms with Crippen molar-refractivity contribution in [3.63, 3.8) is 0 Å². The van der Waals surface area contributed by atoms with Crippen LogP contribution in [0.25, 0.3) is 6.08 Å². The fourth-order valence-electron chi connectivity index (χ4n) is 3.18. The minimum absolute atomic E-state index is 0.148. The molecule has 158 valence electrons. The van der Waals surface area contributed by atoms with Gasteiger partial charge in [0.2, 0.25) is 5.91 Å². The second-order valence-electron chi connectivity index (χ2n) is 7.09. The van der Waals surface area contributed by atoms with Gasteiger partial charge in [-0.2, -0.15) is 5.26 Å². The number of aliphatic hydroxyl groups excluding tert-OH is 1. The lowest BCUT2D eigenvalue weighted by Crippen LogP contribution is -2.36. The van der Waals surface area contributed by atoms with Crippen molar-refractivity contribution in [3.8, 4) is 6.07 Å². The molecule has 2 aromatic rings. The third-order valence-corrected chi connectivity index (χ3v) is 6.75. The number of carbonyl (C=O) groups excluding carboxylic acids is 2. The molecule has 1 aliphatic carbocycles. The molecule has 0 spiro atoms. The number of fused-ring (bicyclic) bond motifs is 1. The van der Waals surface area contributed by atoms with Crippen molar-refractivity contribution in [2.75, 3.05) is 18.5 Å². The topological polar surface area (TPSA) is 111 Å². The Morgan fingerprint density at radius 3 is 3.03 bits per heavy atom. The Kier molecular flexibility index (Phi) is 7.63. The first-order valence-corrected chi connectivity index (χ1v) is 11.3. The molecule has 0 fully saturated rings. The Labute approximate surface area is 183 Å². The fraction of sp³-hybridized carbons (Fsp3) is 0.381. The number of anilines is 1. The van der Waals surface area contributed by atoms with Gasteiger partial charge in [-0.3, -0.25) is 4.79 Å². The summed E-state index contributed by atoms with van der Waals surface area (Å²) < 4.78 is 5.26. The number of nitrogens with zero attached hydrogens (tertiary/aromatic N) is 1. The van der Waals surface area contributed by atoms with E-state index < -0.39 is 6.09 Å². The third-order valence-electron chi connectivity index (χ3n) is 4.75. The standard InChI is InChI=1S/C21H23N3O4S2/c1-13(11-25)23-21(27)28-12-14-4-6-16-17(10-22)20(30-18(16)9-14)24-19(26)7-5-15-3-2-8-29-15/h2-3,5,7-8,13-14,25H,4,6,9,11-12H2,1H3,(H,23,27)(H,24,26). The summed E-state index contributed by atoms with van der Waals surface area (Å²) >= 11 is 2.96. The molecule has 3 N–H and O–H groups in total. The lowest BCUT2D eigenvalue weighted by molar-refractivity contribution is -0.111. The molecule has 3 rings (SSSR count). The van der Waals surface area contributed by atoms with Crippen LogP contribution in [0.4, 0.5) is 9.80 Å². The van der Waals surface area contributed by atoms with Crippen LogP contribution in [-0.4, -0.2) is 36.4 Å². The van der Waals surface area contributed by atoms with Gasteiger partial charge in [-0.1, -0.05) is 6.07 Å². The highest BCUT2D eigenvalue weighted by Crippen LogP contribution is 2.39. The molecule has 0 radical (unpaired) electrons. The lowest BCUT2D eigenvalue weighted by Gasteiger charge is -2.22. The molecule has 2 amide bonds. The molecule has 7 nitrogen and oxygen atoms in total. The van der Waals surface area contributed by atoms with Crippen LogP contribution in [-0.2, 0) is 22.4 Å². The van der Waals surface area contributed by atoms with Crippen LogP contribution < -0.4 is 10.6 Å². The summed E-state index contributed by atoms with van der Waals surface area (Å²) in [5.41, 5.74) is 1.51. The number of hydrogen-bond acceptors (Lipinski definition) is 7. The first-order valence-electron chi connectivity index (χ1n) is 9.61. The van der Waals surface area contributed by atoms with E-state index in [9.17, 15) is 14.9 Å². The smallest absolute Gasteiger partial charge is 0.407 e. The van der Waals surface area contributed by atoms with Crippen LogP contribution in [0.1, 0.15) is 34.2 Å². The summed E-state index contributed by atoms with van der Waals surface area (Å²) in [6.45, 7) is 1.81. The van der Waals surface area contributed by atoms with Gasteiger partial charge in [0.1, 0.15) is 11.1 Å². The normalized spacial score (nSPS) is 16.5. The Bertz CT molecular complexity index is 960. The van der Waals surface area contributed by atoms with E-state index in [4.69, 9.17) is 9.84 Å². The first-order chi connectivity index (χ1) is 14.5. The molecule has 2 unspecified atom stereocenters. The SMILES string of the molecule is CC(CO)NC(=O)OCC1CCc2c(sc(NC(=O)C=Cc3cccs3)c2C#N)C1. The quantitative estimate of drug-likeness (QED) is 0.565. The van der Waals surface area contributed by atoms with Gasteiger partial charge in [-0.05, 0) is 55.2 Å². The summed E-state index contributed by atoms with van der Waals surface area (Å²) in [7, 11) is 0. The van der Waals surface area contributed by atoms with Crippen LogP contribution in [0.3, 0.4) is 0 Å². The molecule has 9 heteroatoms. The number of rotatable bonds is 7. The van der Waals surface area contributed by atoms with Gasteiger partial charge in [0.05, 0.1) is 24.8 Å². The van der Waals surface area contributed by atoms with E-state index in [2.05, 4.69) is 16.7 Å². The van der Waals surface area contributed by atoms with E-state index in [-0.39, 0.29) is 31.1 Å². The number of amides is 2. The number of nitrogens with one attached hydrogen (secondary N) is 2. The lowest BCUT2D eigenvalue weighted by atomic mass is 9.88. The van der Waals surface area contributed by atoms with Crippen molar-refractivity contribution in [1.82, 2.24) is 5.32 Å². The van der Waals surface area contributed by atoms with Crippen LogP contribution in [0, 0.1) is 17.2 Å². The van der Waals surface area contributed by atoms with Gasteiger partial charge in [0.15, 0.2) is 0 Å². The van der Waals surface area contributed by atoms with Gasteiger partial charge in [-0.25, -0.2) is 4.79 Å². The van der Waals surface area contributed by atoms with Gasteiger partial charge in [0, 0.05) is 15.8 Å². The Morgan fingerprint density at radius 2 is 2.33 bits per heavy atom. The van der Waals surface area contributed by atoms with E-state index >= 15 is 0 Å². The third kappa shape index (κ3) is 5.69. The molecule has 0 saturated heterocycles. The minimum Gasteiger partial charge on any atom is -0.449 e. The van der Waals surface area contributed by atoms with Crippen molar-refractivity contribution in [3.05, 3.63) is 44.5 Å². The maximum Gasteiger partial charge on any atom is 0.407 e. The highest BCUT2D eigenvalue weighted by Gasteiger charge is 2.27.